The molecule has 1 aliphatic rings. The van der Waals surface area contributed by atoms with Crippen molar-refractivity contribution in [3.63, 3.8) is 0 Å². The molecule has 3 aromatic heterocycles. The van der Waals surface area contributed by atoms with E-state index in [1.807, 2.05) is 23.1 Å². The summed E-state index contributed by atoms with van der Waals surface area (Å²) in [5.41, 5.74) is 1.15. The number of pyridine rings is 1. The smallest absolute Gasteiger partial charge is 0.257 e. The molecular weight excluding hydrogens is 368 g/mol. The average Bonchev–Trinajstić information content (AvgIpc) is 3.22. The Morgan fingerprint density at radius 2 is 2.07 bits per heavy atom. The summed E-state index contributed by atoms with van der Waals surface area (Å²) in [6, 6.07) is 5.55. The topological polar surface area (TPSA) is 97.9 Å². The van der Waals surface area contributed by atoms with Gasteiger partial charge in [0.15, 0.2) is 11.6 Å². The number of hydrogen-bond acceptors (Lipinski definition) is 7. The SMILES string of the molecule is CC(C)Cc1noc(C2CCCN(C(=O)c3cnc(-c4ccccn4)nc3)C2)n1. The molecule has 1 amide bonds. The van der Waals surface area contributed by atoms with Crippen LogP contribution < -0.4 is 0 Å². The van der Waals surface area contributed by atoms with Crippen molar-refractivity contribution < 1.29 is 9.32 Å². The number of rotatable bonds is 5. The van der Waals surface area contributed by atoms with Crippen LogP contribution in [0.4, 0.5) is 0 Å². The second kappa shape index (κ2) is 8.46. The van der Waals surface area contributed by atoms with Gasteiger partial charge in [0.05, 0.1) is 11.5 Å². The van der Waals surface area contributed by atoms with Gasteiger partial charge in [-0.25, -0.2) is 9.97 Å². The molecule has 1 fully saturated rings. The molecule has 4 heterocycles. The van der Waals surface area contributed by atoms with Crippen LogP contribution >= 0.6 is 0 Å². The molecule has 8 heteroatoms. The normalized spacial score (nSPS) is 16.9. The second-order valence-corrected chi connectivity index (χ2v) is 7.75. The number of hydrogen-bond donors (Lipinski definition) is 0. The molecule has 29 heavy (non-hydrogen) atoms. The maximum absolute atomic E-state index is 12.9. The molecular formula is C21H24N6O2. The zero-order chi connectivity index (χ0) is 20.2. The highest BCUT2D eigenvalue weighted by atomic mass is 16.5. The summed E-state index contributed by atoms with van der Waals surface area (Å²) in [5.74, 6) is 2.32. The largest absolute Gasteiger partial charge is 0.339 e. The number of piperidine rings is 1. The number of nitrogens with zero attached hydrogens (tertiary/aromatic N) is 6. The fraction of sp³-hybridized carbons (Fsp3) is 0.429. The zero-order valence-electron chi connectivity index (χ0n) is 16.7. The van der Waals surface area contributed by atoms with Gasteiger partial charge in [0.2, 0.25) is 5.89 Å². The van der Waals surface area contributed by atoms with E-state index in [1.165, 1.54) is 0 Å². The van der Waals surface area contributed by atoms with Crippen molar-refractivity contribution in [1.29, 1.82) is 0 Å². The van der Waals surface area contributed by atoms with Gasteiger partial charge >= 0.3 is 0 Å². The molecule has 150 valence electrons. The summed E-state index contributed by atoms with van der Waals surface area (Å²) in [5, 5.41) is 4.08. The van der Waals surface area contributed by atoms with Crippen LogP contribution in [0.3, 0.4) is 0 Å². The van der Waals surface area contributed by atoms with Crippen molar-refractivity contribution in [2.45, 2.75) is 39.0 Å². The van der Waals surface area contributed by atoms with E-state index >= 15 is 0 Å². The molecule has 0 aliphatic carbocycles. The molecule has 8 nitrogen and oxygen atoms in total. The van der Waals surface area contributed by atoms with Crippen LogP contribution in [-0.2, 0) is 6.42 Å². The third kappa shape index (κ3) is 4.47. The lowest BCUT2D eigenvalue weighted by Crippen LogP contribution is -2.39. The Labute approximate surface area is 169 Å². The van der Waals surface area contributed by atoms with Gasteiger partial charge in [-0.05, 0) is 30.9 Å². The van der Waals surface area contributed by atoms with Gasteiger partial charge in [0, 0.05) is 38.1 Å². The number of aromatic nitrogens is 5. The number of carbonyl (C=O) groups is 1. The van der Waals surface area contributed by atoms with Crippen molar-refractivity contribution in [3.8, 4) is 11.5 Å². The highest BCUT2D eigenvalue weighted by molar-refractivity contribution is 5.93. The Morgan fingerprint density at radius 3 is 2.79 bits per heavy atom. The molecule has 0 saturated carbocycles. The van der Waals surface area contributed by atoms with Crippen LogP contribution in [0.1, 0.15) is 54.7 Å². The summed E-state index contributed by atoms with van der Waals surface area (Å²) in [7, 11) is 0. The minimum atomic E-state index is -0.0795. The summed E-state index contributed by atoms with van der Waals surface area (Å²) >= 11 is 0. The van der Waals surface area contributed by atoms with E-state index in [4.69, 9.17) is 4.52 Å². The third-order valence-electron chi connectivity index (χ3n) is 4.93. The molecule has 4 rings (SSSR count). The van der Waals surface area contributed by atoms with Gasteiger partial charge in [-0.15, -0.1) is 0 Å². The van der Waals surface area contributed by atoms with Crippen LogP contribution in [0.15, 0.2) is 41.3 Å². The van der Waals surface area contributed by atoms with Crippen LogP contribution in [-0.4, -0.2) is 49.0 Å². The standard InChI is InChI=1S/C21H24N6O2/c1-14(2)10-18-25-20(29-26-18)15-6-5-9-27(13-15)21(28)16-11-23-19(24-12-16)17-7-3-4-8-22-17/h3-4,7-8,11-12,14-15H,5-6,9-10,13H2,1-2H3. The second-order valence-electron chi connectivity index (χ2n) is 7.75. The fourth-order valence-corrected chi connectivity index (χ4v) is 3.49. The van der Waals surface area contributed by atoms with E-state index in [9.17, 15) is 4.79 Å². The highest BCUT2D eigenvalue weighted by Gasteiger charge is 2.29. The maximum Gasteiger partial charge on any atom is 0.257 e. The van der Waals surface area contributed by atoms with Crippen LogP contribution in [0, 0.1) is 5.92 Å². The van der Waals surface area contributed by atoms with Gasteiger partial charge in [-0.3, -0.25) is 9.78 Å². The quantitative estimate of drug-likeness (QED) is 0.658. The summed E-state index contributed by atoms with van der Waals surface area (Å²) in [6.45, 7) is 5.50. The van der Waals surface area contributed by atoms with Crippen molar-refractivity contribution in [1.82, 2.24) is 30.0 Å². The number of amides is 1. The molecule has 1 atom stereocenters. The zero-order valence-corrected chi connectivity index (χ0v) is 16.7. The predicted molar refractivity (Wildman–Crippen MR) is 106 cm³/mol. The Balaban J connectivity index is 1.44. The fourth-order valence-electron chi connectivity index (χ4n) is 3.49. The molecule has 0 bridgehead atoms. The molecule has 0 radical (unpaired) electrons. The van der Waals surface area contributed by atoms with E-state index in [0.29, 0.717) is 42.0 Å². The lowest BCUT2D eigenvalue weighted by molar-refractivity contribution is 0.0695. The summed E-state index contributed by atoms with van der Waals surface area (Å²) in [6.07, 6.45) is 7.44. The number of likely N-dealkylation sites (tertiary alicyclic amines) is 1. The van der Waals surface area contributed by atoms with Gasteiger partial charge in [-0.1, -0.05) is 25.1 Å². The van der Waals surface area contributed by atoms with Crippen LogP contribution in [0.5, 0.6) is 0 Å². The summed E-state index contributed by atoms with van der Waals surface area (Å²) in [4.78, 5) is 32.2. The monoisotopic (exact) mass is 392 g/mol. The lowest BCUT2D eigenvalue weighted by Gasteiger charge is -2.30. The average molecular weight is 392 g/mol. The molecule has 0 spiro atoms. The van der Waals surface area contributed by atoms with Gasteiger partial charge in [0.1, 0.15) is 5.69 Å². The van der Waals surface area contributed by atoms with Gasteiger partial charge in [0.25, 0.3) is 5.91 Å². The Kier molecular flexibility index (Phi) is 5.59. The van der Waals surface area contributed by atoms with E-state index in [2.05, 4.69) is 38.9 Å². The lowest BCUT2D eigenvalue weighted by atomic mass is 9.97. The first kappa shape index (κ1) is 19.2. The molecule has 1 aliphatic heterocycles. The van der Waals surface area contributed by atoms with Crippen molar-refractivity contribution in [2.75, 3.05) is 13.1 Å². The minimum absolute atomic E-state index is 0.0647. The van der Waals surface area contributed by atoms with E-state index in [0.717, 1.165) is 25.1 Å². The minimum Gasteiger partial charge on any atom is -0.339 e. The van der Waals surface area contributed by atoms with E-state index in [1.54, 1.807) is 18.6 Å². The van der Waals surface area contributed by atoms with E-state index in [-0.39, 0.29) is 11.8 Å². The van der Waals surface area contributed by atoms with Gasteiger partial charge < -0.3 is 9.42 Å². The van der Waals surface area contributed by atoms with Crippen molar-refractivity contribution in [3.05, 3.63) is 54.1 Å². The van der Waals surface area contributed by atoms with Crippen molar-refractivity contribution in [2.24, 2.45) is 5.92 Å². The molecule has 0 N–H and O–H groups in total. The highest BCUT2D eigenvalue weighted by Crippen LogP contribution is 2.27. The first-order chi connectivity index (χ1) is 14.1. The summed E-state index contributed by atoms with van der Waals surface area (Å²) < 4.78 is 5.47. The third-order valence-corrected chi connectivity index (χ3v) is 4.93. The Bertz CT molecular complexity index is 955. The molecule has 3 aromatic rings. The predicted octanol–water partition coefficient (Wildman–Crippen LogP) is 3.14. The Hall–Kier alpha value is -3.16. The van der Waals surface area contributed by atoms with E-state index < -0.39 is 0 Å². The van der Waals surface area contributed by atoms with Crippen molar-refractivity contribution >= 4 is 5.91 Å². The first-order valence-electron chi connectivity index (χ1n) is 9.95. The van der Waals surface area contributed by atoms with Gasteiger partial charge in [-0.2, -0.15) is 4.98 Å². The molecule has 1 unspecified atom stereocenters. The first-order valence-corrected chi connectivity index (χ1v) is 9.95. The molecule has 1 saturated heterocycles. The van der Waals surface area contributed by atoms with Crippen LogP contribution in [0.2, 0.25) is 0 Å². The molecule has 0 aromatic carbocycles. The van der Waals surface area contributed by atoms with Crippen LogP contribution in [0.25, 0.3) is 11.5 Å². The number of carbonyl (C=O) groups excluding carboxylic acids is 1. The maximum atomic E-state index is 12.9. The Morgan fingerprint density at radius 1 is 1.24 bits per heavy atom.